The molecule has 0 unspecified atom stereocenters. The molecule has 2 aromatic rings. The summed E-state index contributed by atoms with van der Waals surface area (Å²) < 4.78 is 4.17. The lowest BCUT2D eigenvalue weighted by Crippen LogP contribution is -2.28. The molecule has 2 heterocycles. The Morgan fingerprint density at radius 1 is 1.19 bits per heavy atom. The number of imidazole rings is 1. The van der Waals surface area contributed by atoms with Gasteiger partial charge < -0.3 is 9.47 Å². The van der Waals surface area contributed by atoms with Gasteiger partial charge in [0.15, 0.2) is 5.65 Å². The summed E-state index contributed by atoms with van der Waals surface area (Å²) in [6.45, 7) is 10.7. The Labute approximate surface area is 131 Å². The minimum atomic E-state index is 0.442. The lowest BCUT2D eigenvalue weighted by Gasteiger charge is -2.20. The Morgan fingerprint density at radius 2 is 1.95 bits per heavy atom. The van der Waals surface area contributed by atoms with Crippen LogP contribution in [0.4, 0.5) is 0 Å². The zero-order valence-corrected chi connectivity index (χ0v) is 14.3. The van der Waals surface area contributed by atoms with Gasteiger partial charge in [0.25, 0.3) is 0 Å². The van der Waals surface area contributed by atoms with E-state index in [-0.39, 0.29) is 0 Å². The fraction of sp³-hybridized carbons (Fsp3) is 0.733. The Kier molecular flexibility index (Phi) is 5.65. The highest BCUT2D eigenvalue weighted by molar-refractivity contribution is 6.16. The van der Waals surface area contributed by atoms with E-state index in [1.54, 1.807) is 0 Å². The van der Waals surface area contributed by atoms with Gasteiger partial charge in [-0.15, -0.1) is 11.6 Å². The summed E-state index contributed by atoms with van der Waals surface area (Å²) in [6.07, 6.45) is 2.08. The van der Waals surface area contributed by atoms with E-state index in [4.69, 9.17) is 16.6 Å². The maximum atomic E-state index is 6.09. The van der Waals surface area contributed by atoms with Crippen molar-refractivity contribution < 1.29 is 0 Å². The van der Waals surface area contributed by atoms with Crippen molar-refractivity contribution in [3.8, 4) is 0 Å². The maximum Gasteiger partial charge on any atom is 0.158 e. The van der Waals surface area contributed by atoms with Crippen LogP contribution in [-0.2, 0) is 25.9 Å². The quantitative estimate of drug-likeness (QED) is 0.704. The van der Waals surface area contributed by atoms with Crippen molar-refractivity contribution in [2.75, 3.05) is 19.6 Å². The summed E-state index contributed by atoms with van der Waals surface area (Å²) >= 11 is 6.09. The third-order valence-electron chi connectivity index (χ3n) is 3.95. The van der Waals surface area contributed by atoms with E-state index >= 15 is 0 Å². The molecule has 0 radical (unpaired) electrons. The topological polar surface area (TPSA) is 38.9 Å². The molecule has 0 aliphatic heterocycles. The van der Waals surface area contributed by atoms with E-state index in [1.165, 1.54) is 6.42 Å². The molecule has 0 bridgehead atoms. The molecule has 0 N–H and O–H groups in total. The van der Waals surface area contributed by atoms with Gasteiger partial charge in [0.2, 0.25) is 0 Å². The summed E-state index contributed by atoms with van der Waals surface area (Å²) in [5.74, 6) is 1.39. The Balaban J connectivity index is 2.31. The molecule has 0 fully saturated rings. The summed E-state index contributed by atoms with van der Waals surface area (Å²) in [5, 5.41) is 4.56. The predicted molar refractivity (Wildman–Crippen MR) is 87.8 cm³/mol. The zero-order valence-electron chi connectivity index (χ0n) is 13.6. The van der Waals surface area contributed by atoms with Gasteiger partial charge in [-0.05, 0) is 25.9 Å². The molecule has 0 aliphatic carbocycles. The standard InChI is InChI=1S/C15H26ClN5/c1-5-8-20(7-3)9-10-21-13(11-16)17-14-12(6-2)18-19(4)15(14)21/h5-11H2,1-4H3. The van der Waals surface area contributed by atoms with Crippen molar-refractivity contribution in [3.63, 3.8) is 0 Å². The van der Waals surface area contributed by atoms with E-state index in [2.05, 4.69) is 35.3 Å². The van der Waals surface area contributed by atoms with Crippen molar-refractivity contribution in [2.45, 2.75) is 46.0 Å². The highest BCUT2D eigenvalue weighted by atomic mass is 35.5. The number of hydrogen-bond acceptors (Lipinski definition) is 3. The van der Waals surface area contributed by atoms with Crippen molar-refractivity contribution >= 4 is 22.8 Å². The van der Waals surface area contributed by atoms with Gasteiger partial charge >= 0.3 is 0 Å². The summed E-state index contributed by atoms with van der Waals surface area (Å²) in [5.41, 5.74) is 3.16. The van der Waals surface area contributed by atoms with Gasteiger partial charge in [0.05, 0.1) is 11.6 Å². The van der Waals surface area contributed by atoms with Crippen LogP contribution in [0, 0.1) is 0 Å². The second kappa shape index (κ2) is 7.27. The van der Waals surface area contributed by atoms with Crippen LogP contribution in [0.3, 0.4) is 0 Å². The van der Waals surface area contributed by atoms with Crippen LogP contribution in [0.25, 0.3) is 11.2 Å². The van der Waals surface area contributed by atoms with Crippen LogP contribution >= 0.6 is 11.6 Å². The number of halogens is 1. The van der Waals surface area contributed by atoms with Crippen molar-refractivity contribution in [2.24, 2.45) is 7.05 Å². The van der Waals surface area contributed by atoms with Crippen LogP contribution < -0.4 is 0 Å². The third kappa shape index (κ3) is 3.24. The molecular weight excluding hydrogens is 286 g/mol. The van der Waals surface area contributed by atoms with Crippen LogP contribution in [0.2, 0.25) is 0 Å². The molecule has 0 amide bonds. The highest BCUT2D eigenvalue weighted by Gasteiger charge is 2.18. The molecule has 2 aromatic heterocycles. The van der Waals surface area contributed by atoms with Gasteiger partial charge in [0, 0.05) is 20.1 Å². The average molecular weight is 312 g/mol. The zero-order chi connectivity index (χ0) is 15.4. The number of rotatable bonds is 8. The Hall–Kier alpha value is -1.07. The number of likely N-dealkylation sites (N-methyl/N-ethyl adjacent to an activating group) is 1. The second-order valence-electron chi connectivity index (χ2n) is 5.34. The molecule has 0 spiro atoms. The summed E-state index contributed by atoms with van der Waals surface area (Å²) in [7, 11) is 1.99. The van der Waals surface area contributed by atoms with Gasteiger partial charge in [-0.3, -0.25) is 4.68 Å². The molecule has 6 heteroatoms. The van der Waals surface area contributed by atoms with Gasteiger partial charge in [-0.2, -0.15) is 5.10 Å². The lowest BCUT2D eigenvalue weighted by atomic mass is 10.3. The van der Waals surface area contributed by atoms with Crippen LogP contribution in [0.1, 0.15) is 38.7 Å². The van der Waals surface area contributed by atoms with Gasteiger partial charge in [0.1, 0.15) is 11.3 Å². The SMILES string of the molecule is CCCN(CC)CCn1c(CCl)nc2c(CC)nn(C)c21. The molecule has 0 saturated heterocycles. The first-order valence-electron chi connectivity index (χ1n) is 7.85. The largest absolute Gasteiger partial charge is 0.311 e. The smallest absolute Gasteiger partial charge is 0.158 e. The van der Waals surface area contributed by atoms with E-state index in [0.717, 1.165) is 55.3 Å². The number of fused-ring (bicyclic) bond motifs is 1. The molecule has 21 heavy (non-hydrogen) atoms. The first kappa shape index (κ1) is 16.3. The van der Waals surface area contributed by atoms with Crippen LogP contribution in [0.5, 0.6) is 0 Å². The fourth-order valence-electron chi connectivity index (χ4n) is 2.85. The first-order chi connectivity index (χ1) is 10.2. The van der Waals surface area contributed by atoms with E-state index in [1.807, 2.05) is 11.7 Å². The highest BCUT2D eigenvalue weighted by Crippen LogP contribution is 2.21. The molecule has 0 saturated carbocycles. The number of nitrogens with zero attached hydrogens (tertiary/aromatic N) is 5. The van der Waals surface area contributed by atoms with Crippen molar-refractivity contribution in [1.29, 1.82) is 0 Å². The normalized spacial score (nSPS) is 11.9. The van der Waals surface area contributed by atoms with Gasteiger partial charge in [-0.25, -0.2) is 4.98 Å². The number of aryl methyl sites for hydroxylation is 2. The Bertz CT molecular complexity index is 586. The van der Waals surface area contributed by atoms with Crippen molar-refractivity contribution in [1.82, 2.24) is 24.2 Å². The van der Waals surface area contributed by atoms with Gasteiger partial charge in [-0.1, -0.05) is 20.8 Å². The van der Waals surface area contributed by atoms with Crippen LogP contribution in [0.15, 0.2) is 0 Å². The molecular formula is C15H26ClN5. The van der Waals surface area contributed by atoms with Crippen molar-refractivity contribution in [3.05, 3.63) is 11.5 Å². The second-order valence-corrected chi connectivity index (χ2v) is 5.61. The van der Waals surface area contributed by atoms with E-state index in [9.17, 15) is 0 Å². The minimum Gasteiger partial charge on any atom is -0.311 e. The molecule has 118 valence electrons. The molecule has 0 atom stereocenters. The maximum absolute atomic E-state index is 6.09. The number of alkyl halides is 1. The monoisotopic (exact) mass is 311 g/mol. The Morgan fingerprint density at radius 3 is 2.52 bits per heavy atom. The molecule has 0 aliphatic rings. The number of hydrogen-bond donors (Lipinski definition) is 0. The first-order valence-corrected chi connectivity index (χ1v) is 8.38. The van der Waals surface area contributed by atoms with E-state index < -0.39 is 0 Å². The average Bonchev–Trinajstić information content (AvgIpc) is 3.01. The molecule has 5 nitrogen and oxygen atoms in total. The minimum absolute atomic E-state index is 0.442. The predicted octanol–water partition coefficient (Wildman–Crippen LogP) is 2.80. The van der Waals surface area contributed by atoms with E-state index in [0.29, 0.717) is 5.88 Å². The lowest BCUT2D eigenvalue weighted by molar-refractivity contribution is 0.276. The summed E-state index contributed by atoms with van der Waals surface area (Å²) in [4.78, 5) is 7.16. The number of aromatic nitrogens is 4. The summed E-state index contributed by atoms with van der Waals surface area (Å²) in [6, 6.07) is 0. The third-order valence-corrected chi connectivity index (χ3v) is 4.19. The molecule has 0 aromatic carbocycles. The van der Waals surface area contributed by atoms with Crippen LogP contribution in [-0.4, -0.2) is 43.9 Å². The molecule has 2 rings (SSSR count). The fourth-order valence-corrected chi connectivity index (χ4v) is 3.05.